The molecule has 2 rings (SSSR count). The fraction of sp³-hybridized carbons (Fsp3) is 0.500. The summed E-state index contributed by atoms with van der Waals surface area (Å²) in [6, 6.07) is 8.93. The molecule has 0 radical (unpaired) electrons. The fourth-order valence-electron chi connectivity index (χ4n) is 1.98. The molecule has 0 spiro atoms. The normalized spacial score (nSPS) is 11.3. The average Bonchev–Trinajstić information content (AvgIpc) is 2.92. The highest BCUT2D eigenvalue weighted by atomic mass is 16.5. The minimum Gasteiger partial charge on any atom is -0.486 e. The van der Waals surface area contributed by atoms with Gasteiger partial charge in [-0.05, 0) is 31.5 Å². The number of aromatic nitrogens is 3. The second-order valence-corrected chi connectivity index (χ2v) is 5.68. The summed E-state index contributed by atoms with van der Waals surface area (Å²) in [6.45, 7) is 9.75. The molecule has 0 aliphatic rings. The third-order valence-electron chi connectivity index (χ3n) is 3.14. The largest absolute Gasteiger partial charge is 0.486 e. The van der Waals surface area contributed by atoms with Crippen molar-refractivity contribution in [3.63, 3.8) is 0 Å². The molecule has 1 N–H and O–H groups in total. The molecular formula is C16H24N4O. The summed E-state index contributed by atoms with van der Waals surface area (Å²) in [6.07, 6.45) is 1.57. The number of hydrogen-bond acceptors (Lipinski definition) is 4. The number of hydrogen-bond donors (Lipinski definition) is 1. The third kappa shape index (κ3) is 4.56. The van der Waals surface area contributed by atoms with Crippen LogP contribution in [0.5, 0.6) is 5.75 Å². The monoisotopic (exact) mass is 288 g/mol. The van der Waals surface area contributed by atoms with Gasteiger partial charge in [0.2, 0.25) is 0 Å². The molecular weight excluding hydrogens is 264 g/mol. The van der Waals surface area contributed by atoms with Crippen molar-refractivity contribution in [1.29, 1.82) is 0 Å². The first-order chi connectivity index (χ1) is 10.1. The molecule has 21 heavy (non-hydrogen) atoms. The van der Waals surface area contributed by atoms with Crippen LogP contribution >= 0.6 is 0 Å². The number of rotatable bonds is 7. The van der Waals surface area contributed by atoms with E-state index < -0.39 is 0 Å². The first kappa shape index (κ1) is 15.5. The molecule has 0 fully saturated rings. The molecule has 0 atom stereocenters. The van der Waals surface area contributed by atoms with E-state index in [0.717, 1.165) is 18.1 Å². The lowest BCUT2D eigenvalue weighted by Gasteiger charge is -2.11. The highest BCUT2D eigenvalue weighted by Gasteiger charge is 2.08. The molecule has 0 aliphatic carbocycles. The molecule has 1 aromatic heterocycles. The summed E-state index contributed by atoms with van der Waals surface area (Å²) in [7, 11) is 0. The van der Waals surface area contributed by atoms with Crippen LogP contribution in [-0.4, -0.2) is 20.8 Å². The Hall–Kier alpha value is -1.88. The van der Waals surface area contributed by atoms with Crippen LogP contribution in [0.4, 0.5) is 0 Å². The number of nitrogens with zero attached hydrogens (tertiary/aromatic N) is 3. The van der Waals surface area contributed by atoms with Crippen molar-refractivity contribution >= 4 is 0 Å². The molecule has 0 unspecified atom stereocenters. The zero-order valence-corrected chi connectivity index (χ0v) is 13.2. The van der Waals surface area contributed by atoms with Gasteiger partial charge in [-0.25, -0.2) is 9.67 Å². The van der Waals surface area contributed by atoms with Crippen LogP contribution in [0.25, 0.3) is 0 Å². The predicted octanol–water partition coefficient (Wildman–Crippen LogP) is 2.94. The fourth-order valence-corrected chi connectivity index (χ4v) is 1.98. The highest BCUT2D eigenvalue weighted by Crippen LogP contribution is 2.14. The molecule has 1 heterocycles. The van der Waals surface area contributed by atoms with Crippen LogP contribution in [0, 0.1) is 0 Å². The van der Waals surface area contributed by atoms with Gasteiger partial charge in [0, 0.05) is 18.6 Å². The summed E-state index contributed by atoms with van der Waals surface area (Å²) in [4.78, 5) is 4.24. The van der Waals surface area contributed by atoms with Gasteiger partial charge in [-0.2, -0.15) is 5.10 Å². The Morgan fingerprint density at radius 1 is 1.14 bits per heavy atom. The maximum atomic E-state index is 5.78. The molecule has 114 valence electrons. The molecule has 1 aromatic carbocycles. The van der Waals surface area contributed by atoms with Gasteiger partial charge in [0.05, 0.1) is 0 Å². The lowest BCUT2D eigenvalue weighted by atomic mass is 10.2. The maximum absolute atomic E-state index is 5.78. The van der Waals surface area contributed by atoms with Gasteiger partial charge in [0.25, 0.3) is 0 Å². The smallest absolute Gasteiger partial charge is 0.165 e. The second-order valence-electron chi connectivity index (χ2n) is 5.68. The van der Waals surface area contributed by atoms with Crippen molar-refractivity contribution in [3.05, 3.63) is 42.0 Å². The van der Waals surface area contributed by atoms with E-state index >= 15 is 0 Å². The van der Waals surface area contributed by atoms with Crippen molar-refractivity contribution in [2.24, 2.45) is 0 Å². The zero-order chi connectivity index (χ0) is 15.2. The zero-order valence-electron chi connectivity index (χ0n) is 13.2. The molecule has 0 saturated carbocycles. The Kier molecular flexibility index (Phi) is 5.33. The molecule has 5 heteroatoms. The predicted molar refractivity (Wildman–Crippen MR) is 83.2 cm³/mol. The minimum atomic E-state index is 0.288. The minimum absolute atomic E-state index is 0.288. The first-order valence-electron chi connectivity index (χ1n) is 7.39. The van der Waals surface area contributed by atoms with Crippen LogP contribution in [0.3, 0.4) is 0 Å². The Morgan fingerprint density at radius 2 is 1.86 bits per heavy atom. The van der Waals surface area contributed by atoms with Gasteiger partial charge in [-0.3, -0.25) is 0 Å². The Morgan fingerprint density at radius 3 is 2.48 bits per heavy atom. The van der Waals surface area contributed by atoms with E-state index in [-0.39, 0.29) is 6.04 Å². The first-order valence-corrected chi connectivity index (χ1v) is 7.39. The van der Waals surface area contributed by atoms with E-state index in [9.17, 15) is 0 Å². The second kappa shape index (κ2) is 7.22. The summed E-state index contributed by atoms with van der Waals surface area (Å²) < 4.78 is 7.65. The number of nitrogens with one attached hydrogen (secondary N) is 1. The van der Waals surface area contributed by atoms with Gasteiger partial charge in [-0.15, -0.1) is 0 Å². The van der Waals surface area contributed by atoms with Crippen molar-refractivity contribution < 1.29 is 4.74 Å². The van der Waals surface area contributed by atoms with Crippen molar-refractivity contribution in [2.75, 3.05) is 0 Å². The Bertz CT molecular complexity index is 546. The SMILES string of the molecule is CC(C)NCc1ccc(OCc2ncnn2C(C)C)cc1. The van der Waals surface area contributed by atoms with Crippen molar-refractivity contribution in [2.45, 2.75) is 52.9 Å². The van der Waals surface area contributed by atoms with E-state index in [1.807, 2.05) is 16.8 Å². The van der Waals surface area contributed by atoms with Gasteiger partial charge in [0.15, 0.2) is 5.82 Å². The Labute approximate surface area is 126 Å². The quantitative estimate of drug-likeness (QED) is 0.851. The van der Waals surface area contributed by atoms with Crippen LogP contribution in [0.1, 0.15) is 45.1 Å². The van der Waals surface area contributed by atoms with Crippen LogP contribution < -0.4 is 10.1 Å². The van der Waals surface area contributed by atoms with Crippen LogP contribution in [0.15, 0.2) is 30.6 Å². The molecule has 5 nitrogen and oxygen atoms in total. The van der Waals surface area contributed by atoms with E-state index in [4.69, 9.17) is 4.74 Å². The van der Waals surface area contributed by atoms with E-state index in [2.05, 4.69) is 55.2 Å². The van der Waals surface area contributed by atoms with Crippen LogP contribution in [0.2, 0.25) is 0 Å². The molecule has 2 aromatic rings. The molecule has 0 bridgehead atoms. The maximum Gasteiger partial charge on any atom is 0.165 e. The summed E-state index contributed by atoms with van der Waals surface area (Å²) in [5.74, 6) is 1.69. The van der Waals surface area contributed by atoms with Crippen LogP contribution in [-0.2, 0) is 13.2 Å². The van der Waals surface area contributed by atoms with Gasteiger partial charge in [-0.1, -0.05) is 26.0 Å². The molecule has 0 aliphatic heterocycles. The summed E-state index contributed by atoms with van der Waals surface area (Å²) in [5.41, 5.74) is 1.25. The van der Waals surface area contributed by atoms with E-state index in [1.54, 1.807) is 6.33 Å². The van der Waals surface area contributed by atoms with Gasteiger partial charge < -0.3 is 10.1 Å². The highest BCUT2D eigenvalue weighted by molar-refractivity contribution is 5.27. The van der Waals surface area contributed by atoms with Crippen molar-refractivity contribution in [3.8, 4) is 5.75 Å². The third-order valence-corrected chi connectivity index (χ3v) is 3.14. The molecule has 0 amide bonds. The lowest BCUT2D eigenvalue weighted by Crippen LogP contribution is -2.21. The summed E-state index contributed by atoms with van der Waals surface area (Å²) in [5, 5.41) is 7.59. The summed E-state index contributed by atoms with van der Waals surface area (Å²) >= 11 is 0. The van der Waals surface area contributed by atoms with E-state index in [1.165, 1.54) is 5.56 Å². The standard InChI is InChI=1S/C16H24N4O/c1-12(2)17-9-14-5-7-15(8-6-14)21-10-16-18-11-19-20(16)13(3)4/h5-8,11-13,17H,9-10H2,1-4H3. The average molecular weight is 288 g/mol. The molecule has 0 saturated heterocycles. The van der Waals surface area contributed by atoms with Crippen molar-refractivity contribution in [1.82, 2.24) is 20.1 Å². The lowest BCUT2D eigenvalue weighted by molar-refractivity contribution is 0.282. The number of ether oxygens (including phenoxy) is 1. The van der Waals surface area contributed by atoms with Gasteiger partial charge >= 0.3 is 0 Å². The Balaban J connectivity index is 1.90. The topological polar surface area (TPSA) is 52.0 Å². The van der Waals surface area contributed by atoms with E-state index in [0.29, 0.717) is 12.6 Å². The van der Waals surface area contributed by atoms with Gasteiger partial charge in [0.1, 0.15) is 18.7 Å². The number of benzene rings is 1.